The van der Waals surface area contributed by atoms with E-state index in [1.54, 1.807) is 13.2 Å². The fourth-order valence-electron chi connectivity index (χ4n) is 4.49. The van der Waals surface area contributed by atoms with Crippen molar-refractivity contribution >= 4 is 39.1 Å². The Morgan fingerprint density at radius 2 is 1.84 bits per heavy atom. The summed E-state index contributed by atoms with van der Waals surface area (Å²) in [6.07, 6.45) is 3.18. The molecule has 1 fully saturated rings. The topological polar surface area (TPSA) is 84.7 Å². The van der Waals surface area contributed by atoms with Gasteiger partial charge in [-0.05, 0) is 61.9 Å². The van der Waals surface area contributed by atoms with Crippen LogP contribution in [0.15, 0.2) is 34.8 Å². The third kappa shape index (κ3) is 4.93. The van der Waals surface area contributed by atoms with Crippen molar-refractivity contribution in [2.24, 2.45) is 5.92 Å². The normalized spacial score (nSPS) is 19.7. The summed E-state index contributed by atoms with van der Waals surface area (Å²) in [6, 6.07) is 9.44. The quantitative estimate of drug-likeness (QED) is 0.539. The van der Waals surface area contributed by atoms with E-state index in [1.807, 2.05) is 49.9 Å². The van der Waals surface area contributed by atoms with E-state index in [4.69, 9.17) is 10.5 Å². The molecule has 2 amide bonds. The number of nitrogens with two attached hydrogens (primary N) is 1. The van der Waals surface area contributed by atoms with Gasteiger partial charge < -0.3 is 20.7 Å². The number of benzene rings is 2. The zero-order valence-corrected chi connectivity index (χ0v) is 20.8. The van der Waals surface area contributed by atoms with Crippen LogP contribution in [0.5, 0.6) is 5.75 Å². The van der Waals surface area contributed by atoms with E-state index in [-0.39, 0.29) is 23.8 Å². The fraction of sp³-hybridized carbons (Fsp3) is 0.440. The molecule has 0 saturated heterocycles. The lowest BCUT2D eigenvalue weighted by Crippen LogP contribution is -2.40. The summed E-state index contributed by atoms with van der Waals surface area (Å²) >= 11 is 3.53. The number of nitrogen functional groups attached to an aromatic ring is 1. The van der Waals surface area contributed by atoms with Crippen LogP contribution in [0.4, 0.5) is 11.4 Å². The van der Waals surface area contributed by atoms with Gasteiger partial charge in [-0.1, -0.05) is 35.8 Å². The molecule has 4 rings (SSSR count). The standard InChI is InChI=1S/C23H26BrN3O3.C2H6/c1-13-3-6-16(11-21(13)30-2)26-22(28)14-4-7-17(8-5-14)27-12-19-18(23(27)29)9-15(25)10-20(19)24;1-2/h3,6,9-11,14,17H,4-5,7-8,12,25H2,1-2H3,(H,26,28);1-2H3. The Balaban J connectivity index is 0.00000141. The minimum atomic E-state index is -0.0454. The molecule has 0 bridgehead atoms. The van der Waals surface area contributed by atoms with Crippen LogP contribution in [-0.4, -0.2) is 29.9 Å². The van der Waals surface area contributed by atoms with Crippen molar-refractivity contribution in [2.45, 2.75) is 59.0 Å². The molecule has 32 heavy (non-hydrogen) atoms. The van der Waals surface area contributed by atoms with Crippen LogP contribution in [0.1, 0.15) is 61.0 Å². The minimum Gasteiger partial charge on any atom is -0.496 e. The zero-order valence-electron chi connectivity index (χ0n) is 19.2. The third-order valence-corrected chi connectivity index (χ3v) is 6.93. The lowest BCUT2D eigenvalue weighted by Gasteiger charge is -2.34. The van der Waals surface area contributed by atoms with Gasteiger partial charge in [0.2, 0.25) is 5.91 Å². The molecule has 1 aliphatic heterocycles. The Bertz CT molecular complexity index is 1000. The molecule has 0 atom stereocenters. The molecule has 0 radical (unpaired) electrons. The highest BCUT2D eigenvalue weighted by Gasteiger charge is 2.37. The van der Waals surface area contributed by atoms with E-state index in [9.17, 15) is 9.59 Å². The summed E-state index contributed by atoms with van der Waals surface area (Å²) in [5.41, 5.74) is 9.96. The Morgan fingerprint density at radius 1 is 1.16 bits per heavy atom. The maximum Gasteiger partial charge on any atom is 0.254 e. The molecular formula is C25H32BrN3O3. The number of fused-ring (bicyclic) bond motifs is 1. The molecule has 0 spiro atoms. The van der Waals surface area contributed by atoms with Gasteiger partial charge in [0.05, 0.1) is 7.11 Å². The number of carbonyl (C=O) groups excluding carboxylic acids is 2. The number of methoxy groups -OCH3 is 1. The van der Waals surface area contributed by atoms with E-state index in [2.05, 4.69) is 21.2 Å². The third-order valence-electron chi connectivity index (χ3n) is 6.22. The zero-order chi connectivity index (χ0) is 23.4. The predicted molar refractivity (Wildman–Crippen MR) is 132 cm³/mol. The van der Waals surface area contributed by atoms with Crippen LogP contribution in [0.3, 0.4) is 0 Å². The van der Waals surface area contributed by atoms with Crippen LogP contribution in [0, 0.1) is 12.8 Å². The SMILES string of the molecule is CC.COc1cc(NC(=O)C2CCC(N3Cc4c(Br)cc(N)cc4C3=O)CC2)ccc1C. The van der Waals surface area contributed by atoms with Gasteiger partial charge in [0.1, 0.15) is 5.75 Å². The molecule has 0 aromatic heterocycles. The maximum absolute atomic E-state index is 12.9. The summed E-state index contributed by atoms with van der Waals surface area (Å²) < 4.78 is 6.22. The Labute approximate surface area is 198 Å². The highest BCUT2D eigenvalue weighted by molar-refractivity contribution is 9.10. The van der Waals surface area contributed by atoms with Crippen molar-refractivity contribution in [1.29, 1.82) is 0 Å². The maximum atomic E-state index is 12.9. The largest absolute Gasteiger partial charge is 0.496 e. The number of aryl methyl sites for hydroxylation is 1. The summed E-state index contributed by atoms with van der Waals surface area (Å²) in [7, 11) is 1.63. The number of carbonyl (C=O) groups is 2. The van der Waals surface area contributed by atoms with Gasteiger partial charge in [-0.25, -0.2) is 0 Å². The van der Waals surface area contributed by atoms with Crippen molar-refractivity contribution in [3.05, 3.63) is 51.5 Å². The van der Waals surface area contributed by atoms with Gasteiger partial charge in [0.15, 0.2) is 0 Å². The molecule has 0 unspecified atom stereocenters. The Hall–Kier alpha value is -2.54. The van der Waals surface area contributed by atoms with Crippen molar-refractivity contribution in [3.8, 4) is 5.75 Å². The predicted octanol–water partition coefficient (Wildman–Crippen LogP) is 5.53. The summed E-state index contributed by atoms with van der Waals surface area (Å²) in [4.78, 5) is 27.6. The van der Waals surface area contributed by atoms with Crippen molar-refractivity contribution < 1.29 is 14.3 Å². The number of rotatable bonds is 4. The lowest BCUT2D eigenvalue weighted by atomic mass is 9.84. The van der Waals surface area contributed by atoms with Crippen molar-refractivity contribution in [3.63, 3.8) is 0 Å². The first kappa shape index (κ1) is 24.1. The molecule has 1 saturated carbocycles. The van der Waals surface area contributed by atoms with Gasteiger partial charge in [0, 0.05) is 46.0 Å². The van der Waals surface area contributed by atoms with Crippen molar-refractivity contribution in [1.82, 2.24) is 4.90 Å². The second-order valence-corrected chi connectivity index (χ2v) is 9.00. The number of hydrogen-bond acceptors (Lipinski definition) is 4. The first-order valence-electron chi connectivity index (χ1n) is 11.2. The number of nitrogens with one attached hydrogen (secondary N) is 1. The smallest absolute Gasteiger partial charge is 0.254 e. The Morgan fingerprint density at radius 3 is 2.50 bits per heavy atom. The van der Waals surface area contributed by atoms with Crippen LogP contribution in [-0.2, 0) is 11.3 Å². The van der Waals surface area contributed by atoms with Crippen LogP contribution < -0.4 is 15.8 Å². The number of nitrogens with zero attached hydrogens (tertiary/aromatic N) is 1. The highest BCUT2D eigenvalue weighted by atomic mass is 79.9. The molecule has 172 valence electrons. The molecule has 7 heteroatoms. The number of ether oxygens (including phenoxy) is 1. The average Bonchev–Trinajstić information content (AvgIpc) is 3.13. The number of hydrogen-bond donors (Lipinski definition) is 2. The molecule has 2 aromatic carbocycles. The summed E-state index contributed by atoms with van der Waals surface area (Å²) in [5.74, 6) is 0.787. The molecule has 2 aliphatic rings. The fourth-order valence-corrected chi connectivity index (χ4v) is 5.10. The molecule has 2 aromatic rings. The van der Waals surface area contributed by atoms with Crippen LogP contribution in [0.2, 0.25) is 0 Å². The van der Waals surface area contributed by atoms with Crippen LogP contribution >= 0.6 is 15.9 Å². The molecular weight excluding hydrogens is 470 g/mol. The van der Waals surface area contributed by atoms with Crippen LogP contribution in [0.25, 0.3) is 0 Å². The molecule has 3 N–H and O–H groups in total. The molecule has 1 aliphatic carbocycles. The minimum absolute atomic E-state index is 0.0332. The van der Waals surface area contributed by atoms with Gasteiger partial charge in [-0.3, -0.25) is 9.59 Å². The number of amides is 2. The molecule has 1 heterocycles. The molecule has 6 nitrogen and oxygen atoms in total. The highest BCUT2D eigenvalue weighted by Crippen LogP contribution is 2.37. The van der Waals surface area contributed by atoms with Crippen molar-refractivity contribution in [2.75, 3.05) is 18.2 Å². The first-order valence-corrected chi connectivity index (χ1v) is 12.0. The van der Waals surface area contributed by atoms with E-state index in [0.717, 1.165) is 52.7 Å². The number of anilines is 2. The van der Waals surface area contributed by atoms with Gasteiger partial charge >= 0.3 is 0 Å². The van der Waals surface area contributed by atoms with Gasteiger partial charge in [0.25, 0.3) is 5.91 Å². The monoisotopic (exact) mass is 501 g/mol. The Kier molecular flexibility index (Phi) is 7.82. The van der Waals surface area contributed by atoms with E-state index >= 15 is 0 Å². The van der Waals surface area contributed by atoms with Gasteiger partial charge in [-0.2, -0.15) is 0 Å². The van der Waals surface area contributed by atoms with E-state index < -0.39 is 0 Å². The first-order chi connectivity index (χ1) is 15.4. The number of halogens is 1. The van der Waals surface area contributed by atoms with E-state index in [1.165, 1.54) is 0 Å². The van der Waals surface area contributed by atoms with E-state index in [0.29, 0.717) is 17.8 Å². The van der Waals surface area contributed by atoms with Gasteiger partial charge in [-0.15, -0.1) is 0 Å². The lowest BCUT2D eigenvalue weighted by molar-refractivity contribution is -0.121. The second-order valence-electron chi connectivity index (χ2n) is 8.14. The summed E-state index contributed by atoms with van der Waals surface area (Å²) in [5, 5.41) is 3.01. The summed E-state index contributed by atoms with van der Waals surface area (Å²) in [6.45, 7) is 6.57. The average molecular weight is 502 g/mol. The second kappa shape index (κ2) is 10.4.